The number of carbonyl (C=O) groups is 2. The van der Waals surface area contributed by atoms with Gasteiger partial charge in [0, 0.05) is 38.5 Å². The Bertz CT molecular complexity index is 991. The molecule has 10 heteroatoms. The van der Waals surface area contributed by atoms with E-state index in [-0.39, 0.29) is 43.6 Å². The van der Waals surface area contributed by atoms with Crippen molar-refractivity contribution in [2.75, 3.05) is 46.5 Å². The number of rotatable bonds is 9. The molecule has 2 aliphatic rings. The van der Waals surface area contributed by atoms with E-state index in [1.807, 2.05) is 4.90 Å². The number of hydrogen-bond acceptors (Lipinski definition) is 7. The Balaban J connectivity index is 1.43. The number of ether oxygens (including phenoxy) is 3. The summed E-state index contributed by atoms with van der Waals surface area (Å²) < 4.78 is 35.6. The summed E-state index contributed by atoms with van der Waals surface area (Å²) in [7, 11) is 1.50. The minimum Gasteiger partial charge on any atom is -0.490 e. The Morgan fingerprint density at radius 3 is 2.57 bits per heavy atom. The first-order valence-corrected chi connectivity index (χ1v) is 12.0. The lowest BCUT2D eigenvalue weighted by molar-refractivity contribution is -0.166. The van der Waals surface area contributed by atoms with Crippen molar-refractivity contribution < 1.29 is 32.7 Å². The van der Waals surface area contributed by atoms with Gasteiger partial charge in [0.15, 0.2) is 0 Å². The molecule has 0 saturated carbocycles. The third-order valence-electron chi connectivity index (χ3n) is 6.43. The highest BCUT2D eigenvalue weighted by Crippen LogP contribution is 2.27. The highest BCUT2D eigenvalue weighted by molar-refractivity contribution is 5.79. The molecule has 2 aromatic rings. The molecule has 0 radical (unpaired) electrons. The van der Waals surface area contributed by atoms with Crippen LogP contribution < -0.4 is 9.47 Å². The fraction of sp³-hybridized carbons (Fsp3) is 0.560. The zero-order valence-corrected chi connectivity index (χ0v) is 20.0. The van der Waals surface area contributed by atoms with Crippen LogP contribution in [0.1, 0.15) is 37.9 Å². The maximum absolute atomic E-state index is 13.3. The minimum absolute atomic E-state index is 0.00420. The van der Waals surface area contributed by atoms with Gasteiger partial charge >= 0.3 is 0 Å². The molecule has 1 aromatic heterocycles. The van der Waals surface area contributed by atoms with Crippen LogP contribution in [0.4, 0.5) is 4.39 Å². The van der Waals surface area contributed by atoms with E-state index in [4.69, 9.17) is 18.7 Å². The lowest BCUT2D eigenvalue weighted by atomic mass is 9.95. The summed E-state index contributed by atoms with van der Waals surface area (Å²) in [5, 5.41) is 3.76. The highest BCUT2D eigenvalue weighted by atomic mass is 19.1. The van der Waals surface area contributed by atoms with Gasteiger partial charge in [-0.3, -0.25) is 9.59 Å². The summed E-state index contributed by atoms with van der Waals surface area (Å²) in [6.07, 6.45) is 3.83. The molecule has 1 atom stereocenters. The average molecular weight is 490 g/mol. The molecule has 190 valence electrons. The number of amides is 2. The summed E-state index contributed by atoms with van der Waals surface area (Å²) in [6.45, 7) is 2.48. The molecule has 0 spiro atoms. The summed E-state index contributed by atoms with van der Waals surface area (Å²) in [5.74, 6) is 0.974. The van der Waals surface area contributed by atoms with Crippen molar-refractivity contribution in [1.82, 2.24) is 15.0 Å². The Labute approximate surface area is 204 Å². The summed E-state index contributed by atoms with van der Waals surface area (Å²) in [4.78, 5) is 29.8. The predicted octanol–water partition coefficient (Wildman–Crippen LogP) is 2.83. The van der Waals surface area contributed by atoms with Gasteiger partial charge in [0.05, 0.1) is 26.7 Å². The Morgan fingerprint density at radius 1 is 1.09 bits per heavy atom. The summed E-state index contributed by atoms with van der Waals surface area (Å²) in [5.41, 5.74) is -0.994. The number of halogens is 1. The lowest BCUT2D eigenvalue weighted by Gasteiger charge is -2.43. The van der Waals surface area contributed by atoms with Gasteiger partial charge < -0.3 is 28.5 Å². The molecule has 0 N–H and O–H groups in total. The molecule has 1 aromatic carbocycles. The second-order valence-electron chi connectivity index (χ2n) is 9.04. The molecule has 2 aliphatic heterocycles. The van der Waals surface area contributed by atoms with Crippen LogP contribution in [0.5, 0.6) is 11.6 Å². The van der Waals surface area contributed by atoms with Gasteiger partial charge in [-0.15, -0.1) is 0 Å². The number of methoxy groups -OCH3 is 1. The zero-order chi connectivity index (χ0) is 24.7. The van der Waals surface area contributed by atoms with Gasteiger partial charge in [-0.25, -0.2) is 4.39 Å². The van der Waals surface area contributed by atoms with Gasteiger partial charge in [0.1, 0.15) is 29.5 Å². The molecule has 35 heavy (non-hydrogen) atoms. The molecule has 2 saturated heterocycles. The number of hydrogen-bond donors (Lipinski definition) is 0. The molecular formula is C25H32FN3O6. The molecule has 3 heterocycles. The van der Waals surface area contributed by atoms with Crippen LogP contribution in [0.25, 0.3) is 0 Å². The van der Waals surface area contributed by atoms with Gasteiger partial charge in [-0.05, 0) is 48.7 Å². The van der Waals surface area contributed by atoms with Crippen LogP contribution in [0.2, 0.25) is 0 Å². The zero-order valence-electron chi connectivity index (χ0n) is 20.0. The van der Waals surface area contributed by atoms with Crippen molar-refractivity contribution in [3.8, 4) is 11.6 Å². The Hall–Kier alpha value is -3.14. The topological polar surface area (TPSA) is 94.3 Å². The van der Waals surface area contributed by atoms with Crippen LogP contribution in [0.3, 0.4) is 0 Å². The first kappa shape index (κ1) is 25.0. The van der Waals surface area contributed by atoms with Gasteiger partial charge in [-0.2, -0.15) is 0 Å². The van der Waals surface area contributed by atoms with Crippen molar-refractivity contribution in [1.29, 1.82) is 0 Å². The molecule has 1 unspecified atom stereocenters. The molecule has 2 fully saturated rings. The average Bonchev–Trinajstić information content (AvgIpc) is 3.36. The second-order valence-corrected chi connectivity index (χ2v) is 9.04. The largest absolute Gasteiger partial charge is 0.490 e. The van der Waals surface area contributed by atoms with Crippen LogP contribution >= 0.6 is 0 Å². The normalized spacial score (nSPS) is 20.5. The highest BCUT2D eigenvalue weighted by Gasteiger charge is 2.42. The number of morpholine rings is 1. The standard InChI is InChI=1S/C25H32FN3O6/c1-32-22-15-21(35-27-22)9-10-23(30)29-13-14-34-25(17-29,16-24(31)28-11-3-2-4-12-28)18-33-20-7-5-19(26)6-8-20/h5-8,15H,2-4,9-14,16-18H2,1H3. The number of benzene rings is 1. The first-order valence-electron chi connectivity index (χ1n) is 12.0. The third-order valence-corrected chi connectivity index (χ3v) is 6.43. The van der Waals surface area contributed by atoms with Crippen molar-refractivity contribution >= 4 is 11.8 Å². The molecule has 4 rings (SSSR count). The smallest absolute Gasteiger partial charge is 0.254 e. The van der Waals surface area contributed by atoms with E-state index in [0.717, 1.165) is 32.4 Å². The van der Waals surface area contributed by atoms with Gasteiger partial charge in [0.25, 0.3) is 5.88 Å². The van der Waals surface area contributed by atoms with Crippen LogP contribution in [-0.4, -0.2) is 78.9 Å². The summed E-state index contributed by atoms with van der Waals surface area (Å²) in [6, 6.07) is 7.36. The molecule has 0 aliphatic carbocycles. The number of likely N-dealkylation sites (tertiary alicyclic amines) is 1. The second kappa shape index (κ2) is 11.5. The fourth-order valence-electron chi connectivity index (χ4n) is 4.48. The summed E-state index contributed by atoms with van der Waals surface area (Å²) >= 11 is 0. The first-order chi connectivity index (χ1) is 17.0. The van der Waals surface area contributed by atoms with Crippen LogP contribution in [-0.2, 0) is 20.7 Å². The fourth-order valence-corrected chi connectivity index (χ4v) is 4.48. The quantitative estimate of drug-likeness (QED) is 0.535. The van der Waals surface area contributed by atoms with E-state index in [1.54, 1.807) is 11.0 Å². The van der Waals surface area contributed by atoms with E-state index in [0.29, 0.717) is 37.0 Å². The molecule has 9 nitrogen and oxygen atoms in total. The predicted molar refractivity (Wildman–Crippen MR) is 124 cm³/mol. The van der Waals surface area contributed by atoms with E-state index >= 15 is 0 Å². The van der Waals surface area contributed by atoms with Crippen molar-refractivity contribution in [3.63, 3.8) is 0 Å². The molecule has 0 bridgehead atoms. The number of aromatic nitrogens is 1. The van der Waals surface area contributed by atoms with E-state index in [2.05, 4.69) is 5.16 Å². The number of aryl methyl sites for hydroxylation is 1. The van der Waals surface area contributed by atoms with Crippen molar-refractivity contribution in [2.45, 2.75) is 44.1 Å². The van der Waals surface area contributed by atoms with E-state index in [1.165, 1.54) is 31.4 Å². The van der Waals surface area contributed by atoms with Gasteiger partial charge in [-0.1, -0.05) is 0 Å². The maximum atomic E-state index is 13.3. The molecular weight excluding hydrogens is 457 g/mol. The third kappa shape index (κ3) is 6.72. The minimum atomic E-state index is -0.994. The van der Waals surface area contributed by atoms with E-state index in [9.17, 15) is 14.0 Å². The number of carbonyl (C=O) groups excluding carboxylic acids is 2. The monoisotopic (exact) mass is 489 g/mol. The van der Waals surface area contributed by atoms with E-state index < -0.39 is 5.60 Å². The van der Waals surface area contributed by atoms with Crippen LogP contribution in [0, 0.1) is 5.82 Å². The number of piperidine rings is 1. The van der Waals surface area contributed by atoms with Crippen LogP contribution in [0.15, 0.2) is 34.9 Å². The maximum Gasteiger partial charge on any atom is 0.254 e. The Morgan fingerprint density at radius 2 is 1.86 bits per heavy atom. The lowest BCUT2D eigenvalue weighted by Crippen LogP contribution is -2.58. The SMILES string of the molecule is COc1cc(CCC(=O)N2CCOC(COc3ccc(F)cc3)(CC(=O)N3CCCCC3)C2)on1. The van der Waals surface area contributed by atoms with Crippen molar-refractivity contribution in [3.05, 3.63) is 41.9 Å². The van der Waals surface area contributed by atoms with Gasteiger partial charge in [0.2, 0.25) is 11.8 Å². The number of nitrogens with zero attached hydrogens (tertiary/aromatic N) is 3. The molecule has 2 amide bonds. The Kier molecular flexibility index (Phi) is 8.22. The van der Waals surface area contributed by atoms with Crippen molar-refractivity contribution in [2.24, 2.45) is 0 Å².